The fourth-order valence-corrected chi connectivity index (χ4v) is 9.70. The highest BCUT2D eigenvalue weighted by atomic mass is 16.7. The number of carbonyl (C=O) groups is 2. The van der Waals surface area contributed by atoms with Crippen molar-refractivity contribution in [2.24, 2.45) is 29.6 Å². The number of hydrogen-bond donors (Lipinski definition) is 5. The molecular weight excluding hydrogens is 849 g/mol. The number of rotatable bonds is 4. The van der Waals surface area contributed by atoms with Crippen molar-refractivity contribution in [1.82, 2.24) is 10.3 Å². The second-order valence-corrected chi connectivity index (χ2v) is 18.5. The van der Waals surface area contributed by atoms with Gasteiger partial charge >= 0.3 is 11.8 Å². The van der Waals surface area contributed by atoms with Gasteiger partial charge in [-0.15, -0.1) is 0 Å². The number of phenols is 1. The highest BCUT2D eigenvalue weighted by molar-refractivity contribution is 6.16. The van der Waals surface area contributed by atoms with Gasteiger partial charge in [0.25, 0.3) is 5.91 Å². The number of fused-ring (bicyclic) bond motifs is 5. The molecule has 3 aliphatic heterocycles. The normalized spacial score (nSPS) is 29.9. The molecule has 3 aliphatic rings. The molecule has 0 spiro atoms. The number of carbonyl (C=O) groups excluding carboxylic acids is 2. The Labute approximate surface area is 382 Å². The Morgan fingerprint density at radius 2 is 1.67 bits per heavy atom. The number of phenolic OH excluding ortho intramolecular Hbond substituents is 1. The third kappa shape index (κ3) is 8.61. The molecule has 0 saturated carbocycles. The molecule has 0 radical (unpaired) electrons. The number of amides is 1. The largest absolute Gasteiger partial charge is 0.507 e. The van der Waals surface area contributed by atoms with Gasteiger partial charge in [-0.05, 0) is 57.6 Å². The van der Waals surface area contributed by atoms with E-state index in [1.54, 1.807) is 37.3 Å². The van der Waals surface area contributed by atoms with Crippen LogP contribution in [-0.4, -0.2) is 89.6 Å². The van der Waals surface area contributed by atoms with Crippen LogP contribution in [-0.2, 0) is 23.8 Å². The zero-order chi connectivity index (χ0) is 48.1. The van der Waals surface area contributed by atoms with Crippen molar-refractivity contribution in [3.05, 3.63) is 79.5 Å². The number of ether oxygens (including phenoxy) is 4. The van der Waals surface area contributed by atoms with Gasteiger partial charge in [-0.2, -0.15) is 0 Å². The first-order chi connectivity index (χ1) is 31.2. The third-order valence-electron chi connectivity index (χ3n) is 14.3. The van der Waals surface area contributed by atoms with Crippen molar-refractivity contribution in [3.63, 3.8) is 0 Å². The van der Waals surface area contributed by atoms with Gasteiger partial charge in [0.05, 0.1) is 29.1 Å². The summed E-state index contributed by atoms with van der Waals surface area (Å²) in [6.07, 6.45) is 7.43. The number of piperidine rings is 1. The lowest BCUT2D eigenvalue weighted by Gasteiger charge is -2.39. The highest BCUT2D eigenvalue weighted by Gasteiger charge is 2.44. The van der Waals surface area contributed by atoms with Crippen LogP contribution >= 0.6 is 0 Å². The minimum absolute atomic E-state index is 0.0218. The zero-order valence-corrected chi connectivity index (χ0v) is 39.5. The smallest absolute Gasteiger partial charge is 0.307 e. The summed E-state index contributed by atoms with van der Waals surface area (Å²) >= 11 is 0. The van der Waals surface area contributed by atoms with Crippen LogP contribution in [0.15, 0.2) is 62.3 Å². The molecule has 1 saturated heterocycles. The maximum absolute atomic E-state index is 14.9. The Morgan fingerprint density at radius 3 is 2.32 bits per heavy atom. The molecule has 4 heterocycles. The number of aliphatic hydroxyl groups excluding tert-OH is 2. The summed E-state index contributed by atoms with van der Waals surface area (Å²) in [5, 5.41) is 41.2. The van der Waals surface area contributed by atoms with E-state index in [-0.39, 0.29) is 84.4 Å². The van der Waals surface area contributed by atoms with E-state index in [0.29, 0.717) is 24.8 Å². The predicted molar refractivity (Wildman–Crippen MR) is 252 cm³/mol. The van der Waals surface area contributed by atoms with Gasteiger partial charge in [-0.25, -0.2) is 4.98 Å². The molecule has 7 rings (SSSR count). The number of nitrogens with one attached hydrogen (secondary N) is 2. The Hall–Kier alpha value is -5.97. The minimum atomic E-state index is -1.94. The van der Waals surface area contributed by atoms with Crippen LogP contribution in [0.3, 0.4) is 0 Å². The monoisotopic (exact) mass is 910 g/mol. The molecule has 1 amide bonds. The van der Waals surface area contributed by atoms with Gasteiger partial charge in [0.2, 0.25) is 10.9 Å². The van der Waals surface area contributed by atoms with Gasteiger partial charge in [0.15, 0.2) is 22.4 Å². The van der Waals surface area contributed by atoms with Crippen LogP contribution in [0.1, 0.15) is 73.8 Å². The second kappa shape index (κ2) is 18.7. The molecular formula is C50H62N4O12. The lowest BCUT2D eigenvalue weighted by Crippen LogP contribution is -2.43. The van der Waals surface area contributed by atoms with Crippen molar-refractivity contribution in [2.75, 3.05) is 37.5 Å². The van der Waals surface area contributed by atoms with E-state index in [9.17, 15) is 34.5 Å². The van der Waals surface area contributed by atoms with Crippen LogP contribution in [0.2, 0.25) is 0 Å². The summed E-state index contributed by atoms with van der Waals surface area (Å²) in [4.78, 5) is 62.3. The summed E-state index contributed by atoms with van der Waals surface area (Å²) < 4.78 is 30.8. The number of aromatic hydroxyl groups is 1. The average Bonchev–Trinajstić information content (AvgIpc) is 3.56. The van der Waals surface area contributed by atoms with Crippen molar-refractivity contribution in [3.8, 4) is 11.5 Å². The van der Waals surface area contributed by atoms with Crippen molar-refractivity contribution in [2.45, 2.75) is 105 Å². The van der Waals surface area contributed by atoms with Crippen LogP contribution in [0, 0.1) is 36.5 Å². The molecule has 4 aromatic rings. The van der Waals surface area contributed by atoms with Crippen LogP contribution in [0.5, 0.6) is 11.5 Å². The van der Waals surface area contributed by atoms with E-state index in [1.807, 2.05) is 41.7 Å². The molecule has 0 unspecified atom stereocenters. The Kier molecular flexibility index (Phi) is 13.6. The van der Waals surface area contributed by atoms with Gasteiger partial charge in [-0.1, -0.05) is 52.8 Å². The lowest BCUT2D eigenvalue weighted by atomic mass is 9.73. The first kappa shape index (κ1) is 48.0. The quantitative estimate of drug-likeness (QED) is 0.0898. The molecule has 16 nitrogen and oxygen atoms in total. The number of aliphatic hydroxyl groups is 2. The zero-order valence-electron chi connectivity index (χ0n) is 39.5. The molecule has 16 heteroatoms. The third-order valence-corrected chi connectivity index (χ3v) is 14.3. The molecule has 1 aromatic heterocycles. The first-order valence-electron chi connectivity index (χ1n) is 22.6. The minimum Gasteiger partial charge on any atom is -0.507 e. The average molecular weight is 911 g/mol. The molecule has 0 aliphatic carbocycles. The maximum Gasteiger partial charge on any atom is 0.307 e. The van der Waals surface area contributed by atoms with Gasteiger partial charge < -0.3 is 54.2 Å². The van der Waals surface area contributed by atoms with E-state index in [2.05, 4.69) is 15.5 Å². The second-order valence-electron chi connectivity index (χ2n) is 18.5. The van der Waals surface area contributed by atoms with Gasteiger partial charge in [-0.3, -0.25) is 19.2 Å². The number of aromatic nitrogens is 1. The molecule has 1 fully saturated rings. The summed E-state index contributed by atoms with van der Waals surface area (Å²) in [6, 6.07) is 3.50. The first-order valence-corrected chi connectivity index (χ1v) is 22.6. The Bertz CT molecular complexity index is 2850. The number of allylic oxidation sites excluding steroid dienone is 2. The topological polar surface area (TPSA) is 219 Å². The van der Waals surface area contributed by atoms with E-state index in [0.717, 1.165) is 12.8 Å². The molecule has 5 bridgehead atoms. The van der Waals surface area contributed by atoms with Gasteiger partial charge in [0.1, 0.15) is 28.8 Å². The molecule has 9 atom stereocenters. The van der Waals surface area contributed by atoms with Crippen LogP contribution < -0.4 is 36.3 Å². The lowest BCUT2D eigenvalue weighted by molar-refractivity contribution is -0.157. The summed E-state index contributed by atoms with van der Waals surface area (Å²) in [7, 11) is 3.43. The summed E-state index contributed by atoms with van der Waals surface area (Å²) in [5.41, 5.74) is -1.15. The fourth-order valence-electron chi connectivity index (χ4n) is 9.70. The van der Waals surface area contributed by atoms with E-state index in [4.69, 9.17) is 28.3 Å². The van der Waals surface area contributed by atoms with E-state index < -0.39 is 64.3 Å². The number of hydrogen-bond acceptors (Lipinski definition) is 15. The van der Waals surface area contributed by atoms with E-state index in [1.165, 1.54) is 40.2 Å². The number of benzene rings is 3. The summed E-state index contributed by atoms with van der Waals surface area (Å²) in [6.45, 7) is 16.9. The number of nitrogens with zero attached hydrogens (tertiary/aromatic N) is 2. The van der Waals surface area contributed by atoms with Gasteiger partial charge in [0, 0.05) is 86.3 Å². The standard InChI is InChI=1S/C50H62N4O12/c1-23-13-12-14-24(2)49(61)53-41-44(59)37-36(40-47(41)65-35-22-32(21-33(56)39(35)52-40)54-18-15-31(51-10)16-19-54)38-46(29(7)43(37)58)66-50(9,48(38)60)63-20-17-34(62-11)28(6)45(64-30(8)55)27(5)25(3)26(4)42(23)57/h12-14,17,20-23,25-28,31,34,42,45,51,57-58,60H,15-16,18-19H2,1-11H3,(H,53,61)/b13-12+,20-17+,24-14-/t23-,25+,26-,27+,28+,34-,42-,45-,50-/m0/s1. The highest BCUT2D eigenvalue weighted by Crippen LogP contribution is 2.42. The molecule has 3 aromatic carbocycles. The number of anilines is 2. The van der Waals surface area contributed by atoms with Crippen LogP contribution in [0.25, 0.3) is 38.7 Å². The van der Waals surface area contributed by atoms with Crippen LogP contribution in [0.4, 0.5) is 11.4 Å². The van der Waals surface area contributed by atoms with E-state index >= 15 is 0 Å². The Balaban J connectivity index is 1.47. The SMILES string of the molecule is CNC1CCN(c2cc(=O)c3nc4c(oc3c2)c2c(=O)c3c(O)c(C)c5c(c34)=C(O)[C@@](C)(O/C=C/[C@H](OC)[C@@H](C)[C@@H](OC(C)=O)[C@H](C)[C@H](C)[C@H](C)[C@@H](O)[C@@H](C)/C=C/C=C(/C)C(=O)N2)O5)CC1. The summed E-state index contributed by atoms with van der Waals surface area (Å²) in [5.74, 6) is -5.60. The molecule has 5 N–H and O–H groups in total. The Morgan fingerprint density at radius 1 is 0.970 bits per heavy atom. The fraction of sp³-hybridized carbons (Fsp3) is 0.500. The van der Waals surface area contributed by atoms with Crippen molar-refractivity contribution < 1.29 is 48.3 Å². The predicted octanol–water partition coefficient (Wildman–Crippen LogP) is 6.02. The molecule has 354 valence electrons. The molecule has 66 heavy (non-hydrogen) atoms. The van der Waals surface area contributed by atoms with Crippen molar-refractivity contribution >= 4 is 62.0 Å². The number of methoxy groups -OCH3 is 1. The number of esters is 1. The van der Waals surface area contributed by atoms with Crippen molar-refractivity contribution in [1.29, 1.82) is 0 Å². The maximum atomic E-state index is 14.9.